The molecule has 0 bridgehead atoms. The van der Waals surface area contributed by atoms with E-state index < -0.39 is 11.9 Å². The van der Waals surface area contributed by atoms with Crippen LogP contribution in [-0.4, -0.2) is 43.6 Å². The van der Waals surface area contributed by atoms with Crippen molar-refractivity contribution in [3.05, 3.63) is 89.6 Å². The summed E-state index contributed by atoms with van der Waals surface area (Å²) in [4.78, 5) is 38.6. The zero-order valence-corrected chi connectivity index (χ0v) is 19.8. The normalized spacial score (nSPS) is 13.9. The van der Waals surface area contributed by atoms with Crippen LogP contribution < -0.4 is 24.8 Å². The molecule has 4 amide bonds. The number of amides is 4. The van der Waals surface area contributed by atoms with Crippen molar-refractivity contribution in [1.29, 1.82) is 0 Å². The van der Waals surface area contributed by atoms with Gasteiger partial charge in [-0.1, -0.05) is 48.5 Å². The van der Waals surface area contributed by atoms with E-state index in [0.29, 0.717) is 28.5 Å². The minimum absolute atomic E-state index is 0.155. The molecule has 0 radical (unpaired) electrons. The van der Waals surface area contributed by atoms with Crippen molar-refractivity contribution in [2.45, 2.75) is 6.54 Å². The lowest BCUT2D eigenvalue weighted by atomic mass is 10.1. The molecule has 0 saturated carbocycles. The van der Waals surface area contributed by atoms with Gasteiger partial charge in [0.1, 0.15) is 11.4 Å². The van der Waals surface area contributed by atoms with E-state index >= 15 is 0 Å². The Labute approximate surface area is 208 Å². The third kappa shape index (κ3) is 5.64. The molecule has 36 heavy (non-hydrogen) atoms. The van der Waals surface area contributed by atoms with Crippen molar-refractivity contribution in [3.8, 4) is 17.2 Å². The molecule has 9 nitrogen and oxygen atoms in total. The summed E-state index contributed by atoms with van der Waals surface area (Å²) < 4.78 is 16.3. The van der Waals surface area contributed by atoms with Crippen LogP contribution in [0.5, 0.6) is 17.2 Å². The minimum atomic E-state index is -0.483. The van der Waals surface area contributed by atoms with Gasteiger partial charge in [0.25, 0.3) is 11.8 Å². The molecule has 0 aliphatic carbocycles. The number of rotatable bonds is 9. The summed E-state index contributed by atoms with van der Waals surface area (Å²) in [6.07, 6.45) is 1.56. The van der Waals surface area contributed by atoms with Gasteiger partial charge in [-0.25, -0.2) is 4.79 Å². The lowest BCUT2D eigenvalue weighted by Crippen LogP contribution is -2.30. The Morgan fingerprint density at radius 2 is 1.64 bits per heavy atom. The fraction of sp³-hybridized carbons (Fsp3) is 0.148. The number of nitrogens with one attached hydrogen (secondary N) is 2. The number of hydrogen-bond acceptors (Lipinski definition) is 6. The molecule has 3 aromatic carbocycles. The van der Waals surface area contributed by atoms with Crippen molar-refractivity contribution in [1.82, 2.24) is 10.2 Å². The molecule has 2 N–H and O–H groups in total. The van der Waals surface area contributed by atoms with Crippen LogP contribution in [0.4, 0.5) is 10.5 Å². The molecule has 4 rings (SSSR count). The number of methoxy groups -OCH3 is 2. The van der Waals surface area contributed by atoms with Crippen LogP contribution in [0, 0.1) is 0 Å². The minimum Gasteiger partial charge on any atom is -0.495 e. The molecule has 1 saturated heterocycles. The first kappa shape index (κ1) is 24.3. The highest BCUT2D eigenvalue weighted by Crippen LogP contribution is 2.30. The summed E-state index contributed by atoms with van der Waals surface area (Å²) in [6, 6.07) is 20.8. The van der Waals surface area contributed by atoms with E-state index in [1.807, 2.05) is 30.3 Å². The number of ether oxygens (including phenoxy) is 3. The van der Waals surface area contributed by atoms with Crippen molar-refractivity contribution in [3.63, 3.8) is 0 Å². The van der Waals surface area contributed by atoms with Crippen LogP contribution >= 0.6 is 0 Å². The van der Waals surface area contributed by atoms with Crippen LogP contribution in [0.25, 0.3) is 6.08 Å². The zero-order valence-electron chi connectivity index (χ0n) is 19.8. The summed E-state index contributed by atoms with van der Waals surface area (Å²) >= 11 is 0. The van der Waals surface area contributed by atoms with E-state index in [-0.39, 0.29) is 24.8 Å². The summed E-state index contributed by atoms with van der Waals surface area (Å²) in [7, 11) is 2.99. The number of para-hydroxylation sites is 2. The topological polar surface area (TPSA) is 106 Å². The van der Waals surface area contributed by atoms with Gasteiger partial charge >= 0.3 is 6.03 Å². The summed E-state index contributed by atoms with van der Waals surface area (Å²) in [5.74, 6) is 0.466. The van der Waals surface area contributed by atoms with Crippen molar-refractivity contribution in [2.75, 3.05) is 26.1 Å². The Morgan fingerprint density at radius 3 is 2.39 bits per heavy atom. The summed E-state index contributed by atoms with van der Waals surface area (Å²) in [5.41, 5.74) is 2.15. The molecule has 1 aliphatic rings. The smallest absolute Gasteiger partial charge is 0.329 e. The Kier molecular flexibility index (Phi) is 7.50. The van der Waals surface area contributed by atoms with E-state index in [1.54, 1.807) is 48.5 Å². The predicted octanol–water partition coefficient (Wildman–Crippen LogP) is 3.81. The highest BCUT2D eigenvalue weighted by atomic mass is 16.5. The van der Waals surface area contributed by atoms with Gasteiger partial charge in [-0.2, -0.15) is 0 Å². The van der Waals surface area contributed by atoms with Gasteiger partial charge in [0.2, 0.25) is 0 Å². The number of anilines is 1. The molecule has 0 atom stereocenters. The molecule has 0 unspecified atom stereocenters. The van der Waals surface area contributed by atoms with Crippen LogP contribution in [0.15, 0.2) is 78.5 Å². The molecule has 0 aromatic heterocycles. The molecule has 184 valence electrons. The monoisotopic (exact) mass is 487 g/mol. The van der Waals surface area contributed by atoms with Gasteiger partial charge < -0.3 is 24.8 Å². The number of hydrogen-bond donors (Lipinski definition) is 2. The number of carbonyl (C=O) groups is 3. The molecule has 0 spiro atoms. The summed E-state index contributed by atoms with van der Waals surface area (Å²) in [6.45, 7) is -0.0757. The van der Waals surface area contributed by atoms with Crippen molar-refractivity contribution >= 4 is 29.6 Å². The van der Waals surface area contributed by atoms with E-state index in [2.05, 4.69) is 10.6 Å². The van der Waals surface area contributed by atoms with Crippen LogP contribution in [0.3, 0.4) is 0 Å². The lowest BCUT2D eigenvalue weighted by Gasteiger charge is -2.13. The van der Waals surface area contributed by atoms with Crippen LogP contribution in [0.1, 0.15) is 11.1 Å². The largest absolute Gasteiger partial charge is 0.495 e. The first-order valence-corrected chi connectivity index (χ1v) is 11.1. The maximum absolute atomic E-state index is 12.8. The zero-order chi connectivity index (χ0) is 25.5. The maximum Gasteiger partial charge on any atom is 0.329 e. The second-order valence-corrected chi connectivity index (χ2v) is 7.81. The molecule has 1 heterocycles. The van der Waals surface area contributed by atoms with Crippen molar-refractivity contribution in [2.24, 2.45) is 0 Å². The van der Waals surface area contributed by atoms with E-state index in [1.165, 1.54) is 14.2 Å². The van der Waals surface area contributed by atoms with Crippen LogP contribution in [-0.2, 0) is 16.1 Å². The molecular weight excluding hydrogens is 462 g/mol. The number of benzene rings is 3. The van der Waals surface area contributed by atoms with Gasteiger partial charge in [0, 0.05) is 0 Å². The first-order chi connectivity index (χ1) is 17.5. The highest BCUT2D eigenvalue weighted by Gasteiger charge is 2.33. The number of carbonyl (C=O) groups excluding carboxylic acids is 3. The second-order valence-electron chi connectivity index (χ2n) is 7.81. The number of nitrogens with zero attached hydrogens (tertiary/aromatic N) is 1. The van der Waals surface area contributed by atoms with Gasteiger partial charge in [-0.05, 0) is 41.5 Å². The first-order valence-electron chi connectivity index (χ1n) is 11.1. The Balaban J connectivity index is 1.42. The molecule has 1 fully saturated rings. The fourth-order valence-electron chi connectivity index (χ4n) is 3.62. The van der Waals surface area contributed by atoms with Gasteiger partial charge in [0.05, 0.1) is 26.5 Å². The predicted molar refractivity (Wildman–Crippen MR) is 134 cm³/mol. The number of imide groups is 1. The van der Waals surface area contributed by atoms with E-state index in [9.17, 15) is 14.4 Å². The van der Waals surface area contributed by atoms with E-state index in [4.69, 9.17) is 14.2 Å². The maximum atomic E-state index is 12.8. The summed E-state index contributed by atoms with van der Waals surface area (Å²) in [5, 5.41) is 5.35. The number of urea groups is 1. The van der Waals surface area contributed by atoms with Gasteiger partial charge in [-0.3, -0.25) is 14.5 Å². The lowest BCUT2D eigenvalue weighted by molar-refractivity contribution is -0.123. The van der Waals surface area contributed by atoms with E-state index in [0.717, 1.165) is 10.5 Å². The third-order valence-electron chi connectivity index (χ3n) is 5.38. The highest BCUT2D eigenvalue weighted by molar-refractivity contribution is 6.13. The van der Waals surface area contributed by atoms with Crippen LogP contribution in [0.2, 0.25) is 0 Å². The average Bonchev–Trinajstić information content (AvgIpc) is 3.16. The molecule has 9 heteroatoms. The fourth-order valence-corrected chi connectivity index (χ4v) is 3.62. The Morgan fingerprint density at radius 1 is 0.917 bits per heavy atom. The van der Waals surface area contributed by atoms with Crippen molar-refractivity contribution < 1.29 is 28.6 Å². The second kappa shape index (κ2) is 11.1. The standard InChI is InChI=1S/C27H25N3O6/c1-34-22-11-7-6-10-20(22)28-25(31)17-36-23-13-12-19(15-24(23)35-2)14-21-26(32)30(27(33)29-21)16-18-8-4-3-5-9-18/h3-15H,16-17H2,1-2H3,(H,28,31)(H,29,33)/b21-14-. The quantitative estimate of drug-likeness (QED) is 0.351. The average molecular weight is 488 g/mol. The van der Waals surface area contributed by atoms with Gasteiger partial charge in [-0.15, -0.1) is 0 Å². The Hall–Kier alpha value is -4.79. The molecular formula is C27H25N3O6. The third-order valence-corrected chi connectivity index (χ3v) is 5.38. The molecule has 3 aromatic rings. The molecule has 1 aliphatic heterocycles. The van der Waals surface area contributed by atoms with Gasteiger partial charge in [0.15, 0.2) is 18.1 Å². The SMILES string of the molecule is COc1ccccc1NC(=O)COc1ccc(/C=C2\NC(=O)N(Cc3ccccc3)C2=O)cc1OC. The Bertz CT molecular complexity index is 1310.